The summed E-state index contributed by atoms with van der Waals surface area (Å²) in [6.07, 6.45) is -1.28. The van der Waals surface area contributed by atoms with Crippen LogP contribution in [0.4, 0.5) is 0 Å². The maximum atomic E-state index is 12.9. The van der Waals surface area contributed by atoms with Gasteiger partial charge in [-0.15, -0.1) is 0 Å². The van der Waals surface area contributed by atoms with Gasteiger partial charge in [0.25, 0.3) is 5.91 Å². The number of nitrogens with one attached hydrogen (secondary N) is 1. The molecule has 1 aromatic heterocycles. The second kappa shape index (κ2) is 5.46. The molecule has 116 valence electrons. The molecule has 2 atom stereocenters. The van der Waals surface area contributed by atoms with E-state index in [0.29, 0.717) is 12.1 Å². The van der Waals surface area contributed by atoms with Crippen LogP contribution in [0.2, 0.25) is 0 Å². The van der Waals surface area contributed by atoms with Crippen LogP contribution >= 0.6 is 0 Å². The van der Waals surface area contributed by atoms with Crippen LogP contribution in [0.1, 0.15) is 23.0 Å². The Bertz CT molecular complexity index is 737. The number of aryl methyl sites for hydroxylation is 1. The largest absolute Gasteiger partial charge is 0.479 e. The quantitative estimate of drug-likeness (QED) is 0.886. The molecule has 22 heavy (non-hydrogen) atoms. The summed E-state index contributed by atoms with van der Waals surface area (Å²) >= 11 is 0. The zero-order chi connectivity index (χ0) is 15.9. The lowest BCUT2D eigenvalue weighted by Crippen LogP contribution is -2.51. The van der Waals surface area contributed by atoms with Crippen LogP contribution in [0.25, 0.3) is 10.9 Å². The van der Waals surface area contributed by atoms with Gasteiger partial charge in [-0.3, -0.25) is 4.79 Å². The number of carbonyl (C=O) groups is 2. The molecule has 1 amide bonds. The van der Waals surface area contributed by atoms with E-state index in [1.807, 2.05) is 31.2 Å². The molecule has 6 nitrogen and oxygen atoms in total. The van der Waals surface area contributed by atoms with Crippen molar-refractivity contribution in [2.75, 3.05) is 13.1 Å². The van der Waals surface area contributed by atoms with Gasteiger partial charge < -0.3 is 19.7 Å². The second-order valence-corrected chi connectivity index (χ2v) is 5.65. The lowest BCUT2D eigenvalue weighted by Gasteiger charge is -2.35. The summed E-state index contributed by atoms with van der Waals surface area (Å²) in [5, 5.41) is 10.0. The van der Waals surface area contributed by atoms with Gasteiger partial charge in [-0.25, -0.2) is 4.79 Å². The zero-order valence-corrected chi connectivity index (χ0v) is 12.5. The fourth-order valence-electron chi connectivity index (χ4n) is 2.96. The molecule has 2 N–H and O–H groups in total. The van der Waals surface area contributed by atoms with E-state index in [2.05, 4.69) is 4.98 Å². The van der Waals surface area contributed by atoms with Crippen molar-refractivity contribution in [1.29, 1.82) is 0 Å². The van der Waals surface area contributed by atoms with Crippen molar-refractivity contribution in [3.8, 4) is 0 Å². The van der Waals surface area contributed by atoms with Gasteiger partial charge in [0.2, 0.25) is 0 Å². The fourth-order valence-corrected chi connectivity index (χ4v) is 2.96. The number of morpholine rings is 1. The SMILES string of the molecule is Cc1[nH]c2ccccc2c1C(=O)N1CC(C(=O)O)O[C@H](C)C1. The molecule has 1 saturated heterocycles. The van der Waals surface area contributed by atoms with Crippen molar-refractivity contribution >= 4 is 22.8 Å². The molecule has 1 aromatic carbocycles. The van der Waals surface area contributed by atoms with E-state index in [1.165, 1.54) is 0 Å². The first kappa shape index (κ1) is 14.6. The minimum Gasteiger partial charge on any atom is -0.479 e. The number of carboxylic acids is 1. The van der Waals surface area contributed by atoms with Gasteiger partial charge in [0, 0.05) is 23.1 Å². The number of rotatable bonds is 2. The summed E-state index contributed by atoms with van der Waals surface area (Å²) in [5.74, 6) is -1.20. The molecule has 2 aromatic rings. The Labute approximate surface area is 127 Å². The lowest BCUT2D eigenvalue weighted by molar-refractivity contribution is -0.160. The normalized spacial score (nSPS) is 22.0. The fraction of sp³-hybridized carbons (Fsp3) is 0.375. The number of amides is 1. The third-order valence-electron chi connectivity index (χ3n) is 3.93. The predicted octanol–water partition coefficient (Wildman–Crippen LogP) is 1.79. The van der Waals surface area contributed by atoms with E-state index in [1.54, 1.807) is 11.8 Å². The molecule has 2 heterocycles. The van der Waals surface area contributed by atoms with Crippen LogP contribution in [0.3, 0.4) is 0 Å². The van der Waals surface area contributed by atoms with Gasteiger partial charge in [0.05, 0.1) is 18.2 Å². The first-order valence-electron chi connectivity index (χ1n) is 7.22. The summed E-state index contributed by atoms with van der Waals surface area (Å²) in [7, 11) is 0. The summed E-state index contributed by atoms with van der Waals surface area (Å²) in [5.41, 5.74) is 2.30. The Morgan fingerprint density at radius 3 is 2.77 bits per heavy atom. The molecule has 0 radical (unpaired) electrons. The number of hydrogen-bond donors (Lipinski definition) is 2. The highest BCUT2D eigenvalue weighted by molar-refractivity contribution is 6.08. The number of carbonyl (C=O) groups excluding carboxylic acids is 1. The minimum absolute atomic E-state index is 0.0669. The topological polar surface area (TPSA) is 82.6 Å². The third-order valence-corrected chi connectivity index (χ3v) is 3.93. The van der Waals surface area contributed by atoms with Gasteiger partial charge in [0.1, 0.15) is 0 Å². The monoisotopic (exact) mass is 302 g/mol. The number of fused-ring (bicyclic) bond motifs is 1. The molecular formula is C16H18N2O4. The standard InChI is InChI=1S/C16H18N2O4/c1-9-7-18(8-13(22-9)16(20)21)15(19)14-10(2)17-12-6-4-3-5-11(12)14/h3-6,9,13,17H,7-8H2,1-2H3,(H,20,21)/t9-,13?/m1/s1. The van der Waals surface area contributed by atoms with Gasteiger partial charge >= 0.3 is 5.97 Å². The molecule has 1 aliphatic rings. The van der Waals surface area contributed by atoms with E-state index < -0.39 is 12.1 Å². The van der Waals surface area contributed by atoms with E-state index in [0.717, 1.165) is 16.6 Å². The van der Waals surface area contributed by atoms with E-state index in [-0.39, 0.29) is 18.6 Å². The van der Waals surface area contributed by atoms with E-state index >= 15 is 0 Å². The summed E-state index contributed by atoms with van der Waals surface area (Å²) < 4.78 is 5.36. The summed E-state index contributed by atoms with van der Waals surface area (Å²) in [6, 6.07) is 7.60. The smallest absolute Gasteiger partial charge is 0.334 e. The van der Waals surface area contributed by atoms with Gasteiger partial charge in [-0.1, -0.05) is 18.2 Å². The number of carboxylic acid groups (broad SMARTS) is 1. The number of nitrogens with zero attached hydrogens (tertiary/aromatic N) is 1. The Morgan fingerprint density at radius 2 is 2.05 bits per heavy atom. The number of para-hydroxylation sites is 1. The molecule has 1 unspecified atom stereocenters. The Morgan fingerprint density at radius 1 is 1.32 bits per heavy atom. The summed E-state index contributed by atoms with van der Waals surface area (Å²) in [4.78, 5) is 28.8. The van der Waals surface area contributed by atoms with Crippen LogP contribution in [0.5, 0.6) is 0 Å². The number of aliphatic carboxylic acids is 1. The Hall–Kier alpha value is -2.34. The highest BCUT2D eigenvalue weighted by Gasteiger charge is 2.34. The molecular weight excluding hydrogens is 284 g/mol. The molecule has 0 aliphatic carbocycles. The molecule has 3 rings (SSSR count). The van der Waals surface area contributed by atoms with E-state index in [4.69, 9.17) is 9.84 Å². The highest BCUT2D eigenvalue weighted by Crippen LogP contribution is 2.24. The number of aromatic nitrogens is 1. The summed E-state index contributed by atoms with van der Waals surface area (Å²) in [6.45, 7) is 4.09. The van der Waals surface area contributed by atoms with E-state index in [9.17, 15) is 9.59 Å². The highest BCUT2D eigenvalue weighted by atomic mass is 16.5. The predicted molar refractivity (Wildman–Crippen MR) is 80.9 cm³/mol. The van der Waals surface area contributed by atoms with Crippen molar-refractivity contribution in [3.63, 3.8) is 0 Å². The third kappa shape index (κ3) is 2.46. The van der Waals surface area contributed by atoms with Crippen molar-refractivity contribution < 1.29 is 19.4 Å². The molecule has 0 spiro atoms. The van der Waals surface area contributed by atoms with Crippen LogP contribution < -0.4 is 0 Å². The number of ether oxygens (including phenoxy) is 1. The Balaban J connectivity index is 1.95. The van der Waals surface area contributed by atoms with Crippen molar-refractivity contribution in [1.82, 2.24) is 9.88 Å². The minimum atomic E-state index is -1.04. The molecule has 0 bridgehead atoms. The molecule has 1 fully saturated rings. The number of benzene rings is 1. The van der Waals surface area contributed by atoms with Crippen LogP contribution in [-0.2, 0) is 9.53 Å². The zero-order valence-electron chi connectivity index (χ0n) is 12.5. The number of hydrogen-bond acceptors (Lipinski definition) is 3. The van der Waals surface area contributed by atoms with Crippen LogP contribution in [0, 0.1) is 6.92 Å². The van der Waals surface area contributed by atoms with Gasteiger partial charge in [-0.2, -0.15) is 0 Å². The molecule has 0 saturated carbocycles. The average molecular weight is 302 g/mol. The molecule has 6 heteroatoms. The number of H-pyrrole nitrogens is 1. The maximum absolute atomic E-state index is 12.9. The lowest BCUT2D eigenvalue weighted by atomic mass is 10.1. The van der Waals surface area contributed by atoms with Crippen molar-refractivity contribution in [3.05, 3.63) is 35.5 Å². The van der Waals surface area contributed by atoms with Crippen LogP contribution in [0.15, 0.2) is 24.3 Å². The first-order chi connectivity index (χ1) is 10.5. The average Bonchev–Trinajstić information content (AvgIpc) is 2.81. The first-order valence-corrected chi connectivity index (χ1v) is 7.22. The van der Waals surface area contributed by atoms with Crippen LogP contribution in [-0.4, -0.2) is 52.2 Å². The number of aromatic amines is 1. The van der Waals surface area contributed by atoms with Gasteiger partial charge in [0.15, 0.2) is 6.10 Å². The molecule has 1 aliphatic heterocycles. The second-order valence-electron chi connectivity index (χ2n) is 5.65. The Kier molecular flexibility index (Phi) is 3.62. The van der Waals surface area contributed by atoms with Crippen molar-refractivity contribution in [2.45, 2.75) is 26.1 Å². The van der Waals surface area contributed by atoms with Crippen molar-refractivity contribution in [2.24, 2.45) is 0 Å². The maximum Gasteiger partial charge on any atom is 0.334 e. The van der Waals surface area contributed by atoms with Gasteiger partial charge in [-0.05, 0) is 19.9 Å².